The Kier molecular flexibility index (Phi) is 8.33. The summed E-state index contributed by atoms with van der Waals surface area (Å²) in [5, 5.41) is 15.2. The Morgan fingerprint density at radius 2 is 1.89 bits per heavy atom. The van der Waals surface area contributed by atoms with E-state index in [9.17, 15) is 23.2 Å². The van der Waals surface area contributed by atoms with Gasteiger partial charge in [-0.2, -0.15) is 18.4 Å². The number of nitrogens with zero attached hydrogens (tertiary/aromatic N) is 7. The van der Waals surface area contributed by atoms with E-state index in [1.165, 1.54) is 0 Å². The van der Waals surface area contributed by atoms with Gasteiger partial charge in [0.15, 0.2) is 5.82 Å². The monoisotopic (exact) mass is 802 g/mol. The first-order valence-electron chi connectivity index (χ1n) is 19.1. The van der Waals surface area contributed by atoms with E-state index < -0.39 is 23.7 Å². The molecule has 6 atom stereocenters. The summed E-state index contributed by atoms with van der Waals surface area (Å²) in [7, 11) is 0. The maximum Gasteiger partial charge on any atom is 0.433 e. The van der Waals surface area contributed by atoms with Gasteiger partial charge < -0.3 is 19.7 Å². The fourth-order valence-corrected chi connectivity index (χ4v) is 10.5. The van der Waals surface area contributed by atoms with Crippen LogP contribution in [0.4, 0.5) is 23.5 Å². The minimum Gasteiger partial charge on any atom is -0.338 e. The van der Waals surface area contributed by atoms with Crippen molar-refractivity contribution in [3.8, 4) is 17.2 Å². The van der Waals surface area contributed by atoms with Crippen molar-refractivity contribution >= 4 is 56.9 Å². The van der Waals surface area contributed by atoms with Crippen LogP contribution in [0.15, 0.2) is 42.6 Å². The number of halogens is 6. The molecule has 6 unspecified atom stereocenters. The number of aromatic nitrogens is 4. The highest BCUT2D eigenvalue weighted by Gasteiger charge is 2.55. The molecule has 56 heavy (non-hydrogen) atoms. The molecule has 1 N–H and O–H groups in total. The van der Waals surface area contributed by atoms with Crippen LogP contribution < -0.4 is 10.2 Å². The molecule has 1 amide bonds. The number of hydrogen-bond donors (Lipinski definition) is 1. The van der Waals surface area contributed by atoms with Crippen LogP contribution in [0.3, 0.4) is 0 Å². The predicted octanol–water partition coefficient (Wildman–Crippen LogP) is 8.60. The minimum absolute atomic E-state index is 0.00204. The Morgan fingerprint density at radius 1 is 1.07 bits per heavy atom. The molecule has 5 aromatic rings. The van der Waals surface area contributed by atoms with Gasteiger partial charge in [-0.05, 0) is 74.8 Å². The van der Waals surface area contributed by atoms with Crippen molar-refractivity contribution in [3.05, 3.63) is 81.1 Å². The molecule has 4 saturated heterocycles. The highest BCUT2D eigenvalue weighted by Crippen LogP contribution is 2.54. The number of aryl methyl sites for hydroxylation is 2. The third-order valence-corrected chi connectivity index (χ3v) is 13.6. The van der Waals surface area contributed by atoms with Crippen molar-refractivity contribution < 1.29 is 22.4 Å². The summed E-state index contributed by atoms with van der Waals surface area (Å²) in [5.41, 5.74) is 2.84. The number of benzene rings is 2. The van der Waals surface area contributed by atoms with Gasteiger partial charge in [-0.1, -0.05) is 35.3 Å². The predicted molar refractivity (Wildman–Crippen MR) is 204 cm³/mol. The molecule has 4 bridgehead atoms. The highest BCUT2D eigenvalue weighted by atomic mass is 35.5. The van der Waals surface area contributed by atoms with Gasteiger partial charge in [0, 0.05) is 83.4 Å². The van der Waals surface area contributed by atoms with Crippen molar-refractivity contribution in [3.63, 3.8) is 0 Å². The Bertz CT molecular complexity index is 2500. The third kappa shape index (κ3) is 5.50. The van der Waals surface area contributed by atoms with Crippen LogP contribution in [0.5, 0.6) is 0 Å². The summed E-state index contributed by atoms with van der Waals surface area (Å²) in [5.74, 6) is -0.401. The molecule has 2 aliphatic carbocycles. The number of carbonyl (C=O) groups excluding carboxylic acids is 1. The van der Waals surface area contributed by atoms with Crippen LogP contribution in [-0.2, 0) is 17.4 Å². The normalized spacial score (nSPS) is 25.6. The number of nitrogens with one attached hydrogen (secondary N) is 1. The Balaban J connectivity index is 1.19. The molecule has 15 heteroatoms. The molecule has 6 aliphatic rings. The largest absolute Gasteiger partial charge is 0.433 e. The smallest absolute Gasteiger partial charge is 0.338 e. The lowest BCUT2D eigenvalue weighted by Crippen LogP contribution is -2.45. The molecule has 288 valence electrons. The maximum atomic E-state index is 17.3. The fourth-order valence-electron chi connectivity index (χ4n) is 10.1. The number of pyridine rings is 1. The van der Waals surface area contributed by atoms with Crippen LogP contribution in [0.25, 0.3) is 32.9 Å². The first-order valence-corrected chi connectivity index (χ1v) is 19.9. The third-order valence-electron chi connectivity index (χ3n) is 12.7. The number of alkyl halides is 3. The van der Waals surface area contributed by atoms with E-state index >= 15 is 4.39 Å². The first-order chi connectivity index (χ1) is 26.9. The van der Waals surface area contributed by atoms with Gasteiger partial charge in [0.05, 0.1) is 39.8 Å². The average Bonchev–Trinajstić information content (AvgIpc) is 3.46. The van der Waals surface area contributed by atoms with Crippen LogP contribution >= 0.6 is 23.2 Å². The summed E-state index contributed by atoms with van der Waals surface area (Å²) < 4.78 is 60.9. The molecule has 9 nitrogen and oxygen atoms in total. The van der Waals surface area contributed by atoms with Crippen LogP contribution in [-0.4, -0.2) is 62.0 Å². The summed E-state index contributed by atoms with van der Waals surface area (Å²) in [4.78, 5) is 31.3. The highest BCUT2D eigenvalue weighted by molar-refractivity contribution is 6.43. The average molecular weight is 804 g/mol. The van der Waals surface area contributed by atoms with E-state index in [4.69, 9.17) is 28.2 Å². The van der Waals surface area contributed by atoms with Gasteiger partial charge in [0.2, 0.25) is 11.9 Å². The second-order valence-electron chi connectivity index (χ2n) is 16.0. The topological polar surface area (TPSA) is 103 Å². The Hall–Kier alpha value is -4.51. The van der Waals surface area contributed by atoms with Crippen LogP contribution in [0, 0.1) is 41.8 Å². The van der Waals surface area contributed by atoms with Crippen molar-refractivity contribution in [1.82, 2.24) is 29.7 Å². The van der Waals surface area contributed by atoms with Gasteiger partial charge in [0.25, 0.3) is 0 Å². The summed E-state index contributed by atoms with van der Waals surface area (Å²) in [6, 6.07) is 11.8. The first kappa shape index (κ1) is 35.9. The number of likely N-dealkylation sites (tertiary alicyclic amines) is 1. The molecule has 11 rings (SSSR count). The van der Waals surface area contributed by atoms with E-state index in [1.807, 2.05) is 17.9 Å². The summed E-state index contributed by atoms with van der Waals surface area (Å²) >= 11 is 13.1. The Labute approximate surface area is 329 Å². The SMILES string of the molecule is Cc1nc2c(F)c(-c3cccc(Cl)c3Cl)c(CCC#N)cc2c2c1cc(C1C3CC(CN(c4nccc(C(F)(F)F)n4)C3)N1C(=O)C1CC1)n2C1C2CNC1C2. The number of hydrogen-bond acceptors (Lipinski definition) is 7. The van der Waals surface area contributed by atoms with Crippen molar-refractivity contribution in [2.24, 2.45) is 17.8 Å². The van der Waals surface area contributed by atoms with E-state index in [2.05, 4.69) is 32.0 Å². The molecule has 2 saturated carbocycles. The number of anilines is 1. The maximum absolute atomic E-state index is 17.3. The Morgan fingerprint density at radius 3 is 2.61 bits per heavy atom. The zero-order valence-electron chi connectivity index (χ0n) is 30.3. The van der Waals surface area contributed by atoms with Gasteiger partial charge in [-0.25, -0.2) is 19.3 Å². The fraction of sp³-hybridized carbons (Fsp3) is 0.439. The van der Waals surface area contributed by atoms with Gasteiger partial charge in [-0.3, -0.25) is 4.79 Å². The molecule has 2 aromatic carbocycles. The van der Waals surface area contributed by atoms with E-state index in [0.717, 1.165) is 54.7 Å². The second-order valence-corrected chi connectivity index (χ2v) is 16.8. The summed E-state index contributed by atoms with van der Waals surface area (Å²) in [6.07, 6.45) is 0.219. The molecular weight excluding hydrogens is 767 g/mol. The molecule has 6 fully saturated rings. The number of piperidine rings is 1. The summed E-state index contributed by atoms with van der Waals surface area (Å²) in [6.45, 7) is 3.38. The molecule has 7 heterocycles. The van der Waals surface area contributed by atoms with Gasteiger partial charge in [-0.15, -0.1) is 0 Å². The zero-order chi connectivity index (χ0) is 38.8. The quantitative estimate of drug-likeness (QED) is 0.165. The number of carbonyl (C=O) groups is 1. The standard InChI is InChI=1S/C41H36Cl2F4N8O/c1-19-26-15-30(37-23-12-24(54(37)39(56)20-7-8-20)18-53(17-23)40-49-11-9-31(52-40)41(45,46)47)55(36-22-14-29(36)50-16-22)38(26)27-13-21(4-3-10-48)32(34(44)35(27)51-19)25-5-2-6-28(42)33(25)43/h2,5-6,9,11,13,15,20,22-24,29,36-37,50H,3-4,7-8,12,14,16-18H2,1H3. The lowest BCUT2D eigenvalue weighted by molar-refractivity contribution is -0.141. The van der Waals surface area contributed by atoms with E-state index in [0.29, 0.717) is 47.6 Å². The molecule has 3 aromatic heterocycles. The lowest BCUT2D eigenvalue weighted by atomic mass is 9.79. The molecule has 4 aliphatic heterocycles. The van der Waals surface area contributed by atoms with Crippen LogP contribution in [0.1, 0.15) is 66.8 Å². The zero-order valence-corrected chi connectivity index (χ0v) is 31.8. The van der Waals surface area contributed by atoms with Crippen molar-refractivity contribution in [2.75, 3.05) is 24.5 Å². The molecule has 0 spiro atoms. The molecule has 0 radical (unpaired) electrons. The van der Waals surface area contributed by atoms with Crippen molar-refractivity contribution in [1.29, 1.82) is 5.26 Å². The van der Waals surface area contributed by atoms with Gasteiger partial charge >= 0.3 is 6.18 Å². The minimum atomic E-state index is -4.62. The number of amides is 1. The number of fused-ring (bicyclic) bond motifs is 6. The van der Waals surface area contributed by atoms with E-state index in [-0.39, 0.29) is 75.8 Å². The number of rotatable bonds is 7. The van der Waals surface area contributed by atoms with Crippen molar-refractivity contribution in [2.45, 2.75) is 75.8 Å². The molecular formula is C41H36Cl2F4N8O. The van der Waals surface area contributed by atoms with Gasteiger partial charge in [0.1, 0.15) is 11.2 Å². The lowest BCUT2D eigenvalue weighted by Gasteiger charge is -2.40. The second kappa shape index (κ2) is 13.0. The van der Waals surface area contributed by atoms with Crippen LogP contribution in [0.2, 0.25) is 10.0 Å². The van der Waals surface area contributed by atoms with E-state index in [1.54, 1.807) is 23.1 Å². The number of nitriles is 1.